The molecule has 0 atom stereocenters. The Hall–Kier alpha value is -2.97. The minimum atomic E-state index is -0.101. The van der Waals surface area contributed by atoms with Crippen LogP contribution in [0.3, 0.4) is 0 Å². The molecular formula is C25H27N5OS2. The first-order valence-electron chi connectivity index (χ1n) is 11.1. The standard InChI is InChI=1S/C25H27N5OS2/c1-2-3-10-15-26-24(31)21-17-32-23(27-21)18-33-25-29-28-22(16-19-11-6-4-7-12-19)30(25)20-13-8-5-9-14-20/h4-9,11-14,17H,2-3,10,15-16,18H2,1H3,(H,26,31). The van der Waals surface area contributed by atoms with E-state index in [4.69, 9.17) is 0 Å². The summed E-state index contributed by atoms with van der Waals surface area (Å²) in [6, 6.07) is 20.4. The Morgan fingerprint density at radius 1 is 1.03 bits per heavy atom. The third-order valence-corrected chi connectivity index (χ3v) is 7.07. The summed E-state index contributed by atoms with van der Waals surface area (Å²) < 4.78 is 2.10. The highest BCUT2D eigenvalue weighted by Gasteiger charge is 2.16. The van der Waals surface area contributed by atoms with Gasteiger partial charge in [0.2, 0.25) is 0 Å². The molecule has 0 radical (unpaired) electrons. The highest BCUT2D eigenvalue weighted by molar-refractivity contribution is 7.98. The predicted molar refractivity (Wildman–Crippen MR) is 134 cm³/mol. The first-order valence-corrected chi connectivity index (χ1v) is 13.0. The van der Waals surface area contributed by atoms with Crippen LogP contribution in [0.2, 0.25) is 0 Å². The van der Waals surface area contributed by atoms with Crippen molar-refractivity contribution in [3.05, 3.63) is 88.1 Å². The number of amides is 1. The van der Waals surface area contributed by atoms with E-state index in [1.54, 1.807) is 11.8 Å². The molecule has 0 bridgehead atoms. The molecule has 2 aromatic carbocycles. The van der Waals surface area contributed by atoms with E-state index >= 15 is 0 Å². The number of rotatable bonds is 11. The van der Waals surface area contributed by atoms with Crippen molar-refractivity contribution in [2.24, 2.45) is 0 Å². The summed E-state index contributed by atoms with van der Waals surface area (Å²) >= 11 is 3.08. The number of para-hydroxylation sites is 1. The molecule has 0 aliphatic heterocycles. The number of benzene rings is 2. The van der Waals surface area contributed by atoms with Gasteiger partial charge in [-0.15, -0.1) is 21.5 Å². The van der Waals surface area contributed by atoms with E-state index in [-0.39, 0.29) is 5.91 Å². The maximum absolute atomic E-state index is 12.3. The van der Waals surface area contributed by atoms with Crippen LogP contribution in [0.15, 0.2) is 71.2 Å². The van der Waals surface area contributed by atoms with Crippen LogP contribution in [-0.4, -0.2) is 32.2 Å². The number of thioether (sulfide) groups is 1. The van der Waals surface area contributed by atoms with Crippen LogP contribution in [0, 0.1) is 0 Å². The Morgan fingerprint density at radius 2 is 1.79 bits per heavy atom. The van der Waals surface area contributed by atoms with Crippen molar-refractivity contribution in [2.75, 3.05) is 6.54 Å². The monoisotopic (exact) mass is 477 g/mol. The lowest BCUT2D eigenvalue weighted by molar-refractivity contribution is 0.0948. The van der Waals surface area contributed by atoms with Crippen LogP contribution >= 0.6 is 23.1 Å². The summed E-state index contributed by atoms with van der Waals surface area (Å²) in [6.45, 7) is 2.84. The zero-order valence-electron chi connectivity index (χ0n) is 18.6. The Kier molecular flexibility index (Phi) is 8.27. The summed E-state index contributed by atoms with van der Waals surface area (Å²) in [4.78, 5) is 16.8. The van der Waals surface area contributed by atoms with Crippen molar-refractivity contribution in [2.45, 2.75) is 43.5 Å². The zero-order chi connectivity index (χ0) is 22.9. The maximum atomic E-state index is 12.3. The van der Waals surface area contributed by atoms with Crippen LogP contribution in [0.1, 0.15) is 53.1 Å². The smallest absolute Gasteiger partial charge is 0.270 e. The second-order valence-electron chi connectivity index (χ2n) is 7.61. The normalized spacial score (nSPS) is 10.9. The highest BCUT2D eigenvalue weighted by atomic mass is 32.2. The van der Waals surface area contributed by atoms with Crippen molar-refractivity contribution in [3.8, 4) is 5.69 Å². The van der Waals surface area contributed by atoms with Crippen LogP contribution in [-0.2, 0) is 12.2 Å². The van der Waals surface area contributed by atoms with Gasteiger partial charge < -0.3 is 5.32 Å². The van der Waals surface area contributed by atoms with Crippen molar-refractivity contribution >= 4 is 29.0 Å². The quantitative estimate of drug-likeness (QED) is 0.227. The van der Waals surface area contributed by atoms with Gasteiger partial charge in [0.05, 0.1) is 5.75 Å². The van der Waals surface area contributed by atoms with Gasteiger partial charge in [0.1, 0.15) is 16.5 Å². The fourth-order valence-electron chi connectivity index (χ4n) is 3.40. The summed E-state index contributed by atoms with van der Waals surface area (Å²) in [5, 5.41) is 15.5. The number of hydrogen-bond acceptors (Lipinski definition) is 6. The molecule has 1 N–H and O–H groups in total. The molecule has 0 fully saturated rings. The molecule has 0 aliphatic carbocycles. The van der Waals surface area contributed by atoms with Gasteiger partial charge in [-0.05, 0) is 24.1 Å². The fraction of sp³-hybridized carbons (Fsp3) is 0.280. The second kappa shape index (κ2) is 11.8. The molecule has 0 aliphatic rings. The first-order chi connectivity index (χ1) is 16.2. The molecule has 0 unspecified atom stereocenters. The summed E-state index contributed by atoms with van der Waals surface area (Å²) in [7, 11) is 0. The van der Waals surface area contributed by atoms with Crippen molar-refractivity contribution in [1.82, 2.24) is 25.1 Å². The van der Waals surface area contributed by atoms with E-state index in [0.29, 0.717) is 24.4 Å². The molecule has 0 spiro atoms. The number of hydrogen-bond donors (Lipinski definition) is 1. The van der Waals surface area contributed by atoms with E-state index < -0.39 is 0 Å². The number of carbonyl (C=O) groups is 1. The van der Waals surface area contributed by atoms with Gasteiger partial charge in [-0.2, -0.15) is 0 Å². The summed E-state index contributed by atoms with van der Waals surface area (Å²) in [5.41, 5.74) is 2.71. The molecule has 2 aromatic heterocycles. The van der Waals surface area contributed by atoms with Crippen molar-refractivity contribution in [1.29, 1.82) is 0 Å². The number of thiazole rings is 1. The molecule has 1 amide bonds. The van der Waals surface area contributed by atoms with Gasteiger partial charge in [-0.25, -0.2) is 4.98 Å². The molecular weight excluding hydrogens is 450 g/mol. The molecule has 33 heavy (non-hydrogen) atoms. The molecule has 8 heteroatoms. The maximum Gasteiger partial charge on any atom is 0.270 e. The van der Waals surface area contributed by atoms with Crippen LogP contribution in [0.4, 0.5) is 0 Å². The van der Waals surface area contributed by atoms with E-state index in [1.165, 1.54) is 16.9 Å². The molecule has 4 rings (SSSR count). The number of nitrogens with one attached hydrogen (secondary N) is 1. The van der Waals surface area contributed by atoms with E-state index in [9.17, 15) is 4.79 Å². The lowest BCUT2D eigenvalue weighted by Gasteiger charge is -2.10. The molecule has 0 saturated carbocycles. The molecule has 4 aromatic rings. The van der Waals surface area contributed by atoms with Gasteiger partial charge >= 0.3 is 0 Å². The Balaban J connectivity index is 1.46. The van der Waals surface area contributed by atoms with E-state index in [0.717, 1.165) is 40.9 Å². The fourth-order valence-corrected chi connectivity index (χ4v) is 5.16. The van der Waals surface area contributed by atoms with Gasteiger partial charge in [-0.3, -0.25) is 9.36 Å². The molecule has 0 saturated heterocycles. The minimum absolute atomic E-state index is 0.101. The lowest BCUT2D eigenvalue weighted by Crippen LogP contribution is -2.24. The largest absolute Gasteiger partial charge is 0.351 e. The van der Waals surface area contributed by atoms with Crippen molar-refractivity contribution < 1.29 is 4.79 Å². The average Bonchev–Trinajstić information content (AvgIpc) is 3.49. The van der Waals surface area contributed by atoms with E-state index in [1.807, 2.05) is 41.8 Å². The van der Waals surface area contributed by atoms with Crippen LogP contribution in [0.25, 0.3) is 5.69 Å². The Bertz CT molecular complexity index is 1160. The third-order valence-electron chi connectivity index (χ3n) is 5.09. The number of carbonyl (C=O) groups excluding carboxylic acids is 1. The molecule has 2 heterocycles. The first kappa shape index (κ1) is 23.2. The second-order valence-corrected chi connectivity index (χ2v) is 9.50. The molecule has 6 nitrogen and oxygen atoms in total. The average molecular weight is 478 g/mol. The van der Waals surface area contributed by atoms with Crippen LogP contribution in [0.5, 0.6) is 0 Å². The topological polar surface area (TPSA) is 72.7 Å². The summed E-state index contributed by atoms with van der Waals surface area (Å²) in [5.74, 6) is 1.42. The lowest BCUT2D eigenvalue weighted by atomic mass is 10.1. The SMILES string of the molecule is CCCCCNC(=O)c1csc(CSc2nnc(Cc3ccccc3)n2-c2ccccc2)n1. The summed E-state index contributed by atoms with van der Waals surface area (Å²) in [6.07, 6.45) is 3.95. The van der Waals surface area contributed by atoms with Crippen LogP contribution < -0.4 is 5.32 Å². The Labute approximate surface area is 202 Å². The number of unbranched alkanes of at least 4 members (excludes halogenated alkanes) is 2. The number of nitrogens with zero attached hydrogens (tertiary/aromatic N) is 4. The predicted octanol–water partition coefficient (Wildman–Crippen LogP) is 5.53. The Morgan fingerprint density at radius 3 is 2.55 bits per heavy atom. The highest BCUT2D eigenvalue weighted by Crippen LogP contribution is 2.27. The molecule has 170 valence electrons. The van der Waals surface area contributed by atoms with Gasteiger partial charge in [0.25, 0.3) is 5.91 Å². The van der Waals surface area contributed by atoms with Gasteiger partial charge in [-0.1, -0.05) is 80.1 Å². The van der Waals surface area contributed by atoms with Crippen molar-refractivity contribution in [3.63, 3.8) is 0 Å². The number of aromatic nitrogens is 4. The zero-order valence-corrected chi connectivity index (χ0v) is 20.2. The third kappa shape index (κ3) is 6.30. The van der Waals surface area contributed by atoms with E-state index in [2.05, 4.69) is 56.3 Å². The minimum Gasteiger partial charge on any atom is -0.351 e. The van der Waals surface area contributed by atoms with Gasteiger partial charge in [0.15, 0.2) is 5.16 Å². The van der Waals surface area contributed by atoms with Gasteiger partial charge in [0, 0.05) is 24.0 Å².